The zero-order valence-corrected chi connectivity index (χ0v) is 11.5. The minimum atomic E-state index is -0.935. The first-order chi connectivity index (χ1) is 8.88. The lowest BCUT2D eigenvalue weighted by molar-refractivity contribution is -0.141. The molecule has 7 heteroatoms. The number of piperazine rings is 1. The number of aliphatic carboxylic acids is 1. The number of rotatable bonds is 4. The van der Waals surface area contributed by atoms with Crippen LogP contribution in [0.25, 0.3) is 0 Å². The van der Waals surface area contributed by atoms with Crippen LogP contribution < -0.4 is 5.32 Å². The molecule has 0 aliphatic carbocycles. The van der Waals surface area contributed by atoms with E-state index in [9.17, 15) is 14.4 Å². The number of carboxylic acid groups (broad SMARTS) is 1. The van der Waals surface area contributed by atoms with E-state index in [2.05, 4.69) is 5.32 Å². The van der Waals surface area contributed by atoms with Crippen LogP contribution in [0, 0.1) is 5.92 Å². The molecule has 7 nitrogen and oxygen atoms in total. The van der Waals surface area contributed by atoms with Crippen LogP contribution in [0.15, 0.2) is 0 Å². The van der Waals surface area contributed by atoms with Gasteiger partial charge in [-0.25, -0.2) is 4.79 Å². The molecule has 0 aromatic carbocycles. The number of carbonyl (C=O) groups is 3. The third kappa shape index (κ3) is 3.59. The molecule has 19 heavy (non-hydrogen) atoms. The lowest BCUT2D eigenvalue weighted by Crippen LogP contribution is -2.59. The monoisotopic (exact) mass is 271 g/mol. The average Bonchev–Trinajstić information content (AvgIpc) is 2.38. The largest absolute Gasteiger partial charge is 0.481 e. The van der Waals surface area contributed by atoms with E-state index in [4.69, 9.17) is 5.11 Å². The molecule has 3 amide bonds. The van der Waals surface area contributed by atoms with Gasteiger partial charge in [-0.3, -0.25) is 9.59 Å². The molecule has 0 spiro atoms. The molecule has 0 radical (unpaired) electrons. The molecule has 1 heterocycles. The second-order valence-corrected chi connectivity index (χ2v) is 4.72. The van der Waals surface area contributed by atoms with Crippen molar-refractivity contribution in [1.82, 2.24) is 15.1 Å². The highest BCUT2D eigenvalue weighted by molar-refractivity contribution is 5.88. The number of hydrogen-bond donors (Lipinski definition) is 2. The van der Waals surface area contributed by atoms with Gasteiger partial charge in [0.2, 0.25) is 5.91 Å². The number of carboxylic acids is 1. The maximum Gasteiger partial charge on any atom is 0.320 e. The highest BCUT2D eigenvalue weighted by atomic mass is 16.4. The first-order valence-corrected chi connectivity index (χ1v) is 6.44. The van der Waals surface area contributed by atoms with Crippen LogP contribution in [0.2, 0.25) is 0 Å². The van der Waals surface area contributed by atoms with E-state index in [1.165, 1.54) is 9.80 Å². The Labute approximate surface area is 112 Å². The number of nitrogens with one attached hydrogen (secondary N) is 1. The fourth-order valence-corrected chi connectivity index (χ4v) is 1.98. The van der Waals surface area contributed by atoms with Crippen LogP contribution in [-0.4, -0.2) is 65.0 Å². The molecule has 2 unspecified atom stereocenters. The van der Waals surface area contributed by atoms with Crippen molar-refractivity contribution in [3.8, 4) is 0 Å². The van der Waals surface area contributed by atoms with Crippen molar-refractivity contribution < 1.29 is 19.5 Å². The summed E-state index contributed by atoms with van der Waals surface area (Å²) in [5.74, 6) is -1.74. The smallest absolute Gasteiger partial charge is 0.320 e. The summed E-state index contributed by atoms with van der Waals surface area (Å²) in [4.78, 5) is 37.7. The van der Waals surface area contributed by atoms with Crippen LogP contribution in [0.1, 0.15) is 20.8 Å². The summed E-state index contributed by atoms with van der Waals surface area (Å²) in [6, 6.07) is -0.798. The number of nitrogens with zero attached hydrogens (tertiary/aromatic N) is 2. The Morgan fingerprint density at radius 1 is 1.58 bits per heavy atom. The van der Waals surface area contributed by atoms with Crippen LogP contribution in [0.3, 0.4) is 0 Å². The van der Waals surface area contributed by atoms with E-state index in [0.717, 1.165) is 0 Å². The van der Waals surface area contributed by atoms with E-state index in [-0.39, 0.29) is 18.5 Å². The molecule has 2 N–H and O–H groups in total. The van der Waals surface area contributed by atoms with Gasteiger partial charge in [0.25, 0.3) is 0 Å². The summed E-state index contributed by atoms with van der Waals surface area (Å²) in [6.07, 6.45) is 0. The molecule has 0 aromatic rings. The van der Waals surface area contributed by atoms with Crippen molar-refractivity contribution in [2.45, 2.75) is 26.8 Å². The van der Waals surface area contributed by atoms with Crippen molar-refractivity contribution >= 4 is 17.9 Å². The minimum absolute atomic E-state index is 0.148. The summed E-state index contributed by atoms with van der Waals surface area (Å²) in [5, 5.41) is 11.6. The third-order valence-corrected chi connectivity index (χ3v) is 3.31. The maximum absolute atomic E-state index is 12.3. The van der Waals surface area contributed by atoms with Crippen LogP contribution >= 0.6 is 0 Å². The van der Waals surface area contributed by atoms with Gasteiger partial charge in [0.15, 0.2) is 0 Å². The Hall–Kier alpha value is -1.79. The second-order valence-electron chi connectivity index (χ2n) is 4.72. The van der Waals surface area contributed by atoms with E-state index >= 15 is 0 Å². The highest BCUT2D eigenvalue weighted by Gasteiger charge is 2.32. The molecule has 1 aliphatic rings. The van der Waals surface area contributed by atoms with E-state index in [1.807, 2.05) is 0 Å². The molecular weight excluding hydrogens is 250 g/mol. The maximum atomic E-state index is 12.3. The highest BCUT2D eigenvalue weighted by Crippen LogP contribution is 2.10. The van der Waals surface area contributed by atoms with Crippen molar-refractivity contribution in [1.29, 1.82) is 0 Å². The van der Waals surface area contributed by atoms with Gasteiger partial charge in [-0.05, 0) is 13.8 Å². The predicted molar refractivity (Wildman–Crippen MR) is 68.6 cm³/mol. The topological polar surface area (TPSA) is 90.0 Å². The summed E-state index contributed by atoms with van der Waals surface area (Å²) in [7, 11) is 0. The van der Waals surface area contributed by atoms with Gasteiger partial charge in [0, 0.05) is 26.2 Å². The SMILES string of the molecule is CCN(CC(C)C(=O)O)C(=O)N1CCNC(=O)C1C. The number of carbonyl (C=O) groups excluding carboxylic acids is 2. The summed E-state index contributed by atoms with van der Waals surface area (Å²) in [5.41, 5.74) is 0. The molecule has 0 saturated carbocycles. The Balaban J connectivity index is 2.72. The first kappa shape index (κ1) is 15.3. The quantitative estimate of drug-likeness (QED) is 0.751. The van der Waals surface area contributed by atoms with Crippen molar-refractivity contribution in [2.75, 3.05) is 26.2 Å². The van der Waals surface area contributed by atoms with Crippen molar-refractivity contribution in [2.24, 2.45) is 5.92 Å². The molecular formula is C12H21N3O4. The van der Waals surface area contributed by atoms with Gasteiger partial charge in [0.1, 0.15) is 6.04 Å². The summed E-state index contributed by atoms with van der Waals surface area (Å²) in [6.45, 7) is 6.47. The number of urea groups is 1. The molecule has 0 aromatic heterocycles. The van der Waals surface area contributed by atoms with Gasteiger partial charge in [0.05, 0.1) is 5.92 Å². The second kappa shape index (κ2) is 6.40. The average molecular weight is 271 g/mol. The van der Waals surface area contributed by atoms with Crippen LogP contribution in [0.4, 0.5) is 4.79 Å². The van der Waals surface area contributed by atoms with E-state index in [1.54, 1.807) is 20.8 Å². The number of amides is 3. The van der Waals surface area contributed by atoms with Gasteiger partial charge in [-0.1, -0.05) is 6.92 Å². The normalized spacial score (nSPS) is 20.7. The predicted octanol–water partition coefficient (Wildman–Crippen LogP) is -0.0307. The van der Waals surface area contributed by atoms with Gasteiger partial charge < -0.3 is 20.2 Å². The molecule has 2 atom stereocenters. The van der Waals surface area contributed by atoms with Crippen molar-refractivity contribution in [3.63, 3.8) is 0 Å². The molecule has 1 saturated heterocycles. The minimum Gasteiger partial charge on any atom is -0.481 e. The van der Waals surface area contributed by atoms with Crippen molar-refractivity contribution in [3.05, 3.63) is 0 Å². The van der Waals surface area contributed by atoms with Gasteiger partial charge in [-0.15, -0.1) is 0 Å². The van der Waals surface area contributed by atoms with Gasteiger partial charge in [-0.2, -0.15) is 0 Å². The summed E-state index contributed by atoms with van der Waals surface area (Å²) < 4.78 is 0. The summed E-state index contributed by atoms with van der Waals surface area (Å²) >= 11 is 0. The Kier molecular flexibility index (Phi) is 5.14. The molecule has 1 aliphatic heterocycles. The fourth-order valence-electron chi connectivity index (χ4n) is 1.98. The fraction of sp³-hybridized carbons (Fsp3) is 0.750. The standard InChI is InChI=1S/C12H21N3O4/c1-4-14(7-8(2)11(17)18)12(19)15-6-5-13-10(16)9(15)3/h8-9H,4-7H2,1-3H3,(H,13,16)(H,17,18). The molecule has 108 valence electrons. The van der Waals surface area contributed by atoms with Crippen LogP contribution in [-0.2, 0) is 9.59 Å². The van der Waals surface area contributed by atoms with Crippen LogP contribution in [0.5, 0.6) is 0 Å². The lowest BCUT2D eigenvalue weighted by Gasteiger charge is -2.37. The zero-order chi connectivity index (χ0) is 14.6. The molecule has 0 bridgehead atoms. The Morgan fingerprint density at radius 2 is 2.21 bits per heavy atom. The third-order valence-electron chi connectivity index (χ3n) is 3.31. The lowest BCUT2D eigenvalue weighted by atomic mass is 10.1. The molecule has 1 rings (SSSR count). The Bertz CT molecular complexity index is 372. The zero-order valence-electron chi connectivity index (χ0n) is 11.5. The van der Waals surface area contributed by atoms with E-state index in [0.29, 0.717) is 19.6 Å². The Morgan fingerprint density at radius 3 is 2.74 bits per heavy atom. The number of hydrogen-bond acceptors (Lipinski definition) is 3. The molecule has 1 fully saturated rings. The van der Waals surface area contributed by atoms with Gasteiger partial charge >= 0.3 is 12.0 Å². The van der Waals surface area contributed by atoms with E-state index < -0.39 is 17.9 Å². The first-order valence-electron chi connectivity index (χ1n) is 6.44.